The minimum Gasteiger partial charge on any atom is -0.457 e. The van der Waals surface area contributed by atoms with Gasteiger partial charge in [-0.25, -0.2) is 4.39 Å². The van der Waals surface area contributed by atoms with Crippen LogP contribution in [0.25, 0.3) is 0 Å². The fourth-order valence-electron chi connectivity index (χ4n) is 5.90. The molecule has 0 N–H and O–H groups in total. The highest BCUT2D eigenvalue weighted by atomic mass is 19.1. The van der Waals surface area contributed by atoms with E-state index in [2.05, 4.69) is 0 Å². The minimum atomic E-state index is -0.310. The third-order valence-electron chi connectivity index (χ3n) is 7.51. The lowest BCUT2D eigenvalue weighted by Gasteiger charge is -2.28. The summed E-state index contributed by atoms with van der Waals surface area (Å²) in [6.07, 6.45) is 7.89. The molecule has 0 heterocycles. The van der Waals surface area contributed by atoms with Crippen molar-refractivity contribution in [3.8, 4) is 11.5 Å². The quantitative estimate of drug-likeness (QED) is 0.503. The molecule has 2 aromatic carbocycles. The molecule has 3 fully saturated rings. The van der Waals surface area contributed by atoms with Gasteiger partial charge >= 0.3 is 0 Å². The van der Waals surface area contributed by atoms with Crippen molar-refractivity contribution >= 4 is 5.78 Å². The van der Waals surface area contributed by atoms with E-state index in [1.165, 1.54) is 31.4 Å². The first kappa shape index (κ1) is 19.7. The van der Waals surface area contributed by atoms with Crippen LogP contribution in [-0.2, 0) is 16.1 Å². The number of hydrogen-bond acceptors (Lipinski definition) is 3. The van der Waals surface area contributed by atoms with Crippen molar-refractivity contribution in [1.29, 1.82) is 0 Å². The maximum Gasteiger partial charge on any atom is 0.133 e. The number of halogens is 1. The van der Waals surface area contributed by atoms with Gasteiger partial charge in [-0.15, -0.1) is 0 Å². The fraction of sp³-hybridized carbons (Fsp3) is 0.500. The first-order valence-electron chi connectivity index (χ1n) is 11.1. The second-order valence-electron chi connectivity index (χ2n) is 9.78. The van der Waals surface area contributed by atoms with Crippen LogP contribution in [0.3, 0.4) is 0 Å². The second kappa shape index (κ2) is 7.49. The lowest BCUT2D eigenvalue weighted by molar-refractivity contribution is -0.118. The van der Waals surface area contributed by atoms with Crippen LogP contribution in [0, 0.1) is 23.1 Å². The molecule has 3 aliphatic rings. The van der Waals surface area contributed by atoms with E-state index < -0.39 is 0 Å². The largest absolute Gasteiger partial charge is 0.457 e. The molecule has 5 rings (SSSR count). The third-order valence-corrected chi connectivity index (χ3v) is 7.51. The molecule has 2 aromatic rings. The average Bonchev–Trinajstić information content (AvgIpc) is 3.26. The number of fused-ring (bicyclic) bond motifs is 2. The van der Waals surface area contributed by atoms with Gasteiger partial charge in [0.1, 0.15) is 23.1 Å². The van der Waals surface area contributed by atoms with Gasteiger partial charge in [-0.3, -0.25) is 4.79 Å². The van der Waals surface area contributed by atoms with E-state index in [0.717, 1.165) is 31.2 Å². The smallest absolute Gasteiger partial charge is 0.133 e. The first-order valence-corrected chi connectivity index (χ1v) is 11.1. The summed E-state index contributed by atoms with van der Waals surface area (Å²) in [4.78, 5) is 11.6. The number of hydrogen-bond donors (Lipinski definition) is 0. The number of ether oxygens (including phenoxy) is 2. The molecule has 0 radical (unpaired) electrons. The number of para-hydroxylation sites is 1. The van der Waals surface area contributed by atoms with Gasteiger partial charge in [0.05, 0.1) is 12.2 Å². The number of benzene rings is 2. The highest BCUT2D eigenvalue weighted by Gasteiger charge is 2.57. The Morgan fingerprint density at radius 1 is 1.07 bits per heavy atom. The zero-order valence-electron chi connectivity index (χ0n) is 17.5. The van der Waals surface area contributed by atoms with Crippen LogP contribution in [0.15, 0.2) is 48.5 Å². The van der Waals surface area contributed by atoms with Gasteiger partial charge in [-0.05, 0) is 93.0 Å². The predicted molar refractivity (Wildman–Crippen MR) is 113 cm³/mol. The van der Waals surface area contributed by atoms with Crippen molar-refractivity contribution in [1.82, 2.24) is 0 Å². The molecular formula is C26H29FO3. The Bertz CT molecular complexity index is 931. The molecule has 0 spiro atoms. The van der Waals surface area contributed by atoms with Crippen LogP contribution in [0.5, 0.6) is 11.5 Å². The molecule has 3 aliphatic carbocycles. The predicted octanol–water partition coefficient (Wildman–Crippen LogP) is 6.45. The maximum absolute atomic E-state index is 14.2. The highest BCUT2D eigenvalue weighted by Crippen LogP contribution is 2.63. The topological polar surface area (TPSA) is 35.5 Å². The molecule has 0 saturated heterocycles. The molecule has 3 saturated carbocycles. The van der Waals surface area contributed by atoms with Crippen LogP contribution in [-0.4, -0.2) is 11.4 Å². The zero-order chi connectivity index (χ0) is 20.8. The van der Waals surface area contributed by atoms with E-state index in [1.54, 1.807) is 6.92 Å². The molecule has 3 nitrogen and oxygen atoms in total. The molecule has 0 aromatic heterocycles. The molecule has 0 aliphatic heterocycles. The van der Waals surface area contributed by atoms with E-state index >= 15 is 0 Å². The molecular weight excluding hydrogens is 379 g/mol. The Kier molecular flexibility index (Phi) is 4.93. The molecule has 0 amide bonds. The first-order chi connectivity index (χ1) is 14.4. The Hall–Kier alpha value is -2.20. The van der Waals surface area contributed by atoms with Gasteiger partial charge in [0.2, 0.25) is 0 Å². The van der Waals surface area contributed by atoms with E-state index in [1.807, 2.05) is 36.4 Å². The minimum absolute atomic E-state index is 0.0760. The standard InChI is InChI=1S/C26H29FO3/c1-18(28)24-13-20(24)15-25-7-9-26(17-25,10-8-25)29-16-19-11-21(27)14-23(12-19)30-22-5-3-2-4-6-22/h2-6,11-12,14,20,24H,7-10,13,15-17H2,1H3. The van der Waals surface area contributed by atoms with Gasteiger partial charge in [-0.1, -0.05) is 18.2 Å². The molecule has 158 valence electrons. The van der Waals surface area contributed by atoms with Crippen LogP contribution in [0.2, 0.25) is 0 Å². The van der Waals surface area contributed by atoms with E-state index in [9.17, 15) is 9.18 Å². The molecule has 2 bridgehead atoms. The summed E-state index contributed by atoms with van der Waals surface area (Å²) in [6.45, 7) is 2.13. The maximum atomic E-state index is 14.2. The Labute approximate surface area is 177 Å². The molecule has 30 heavy (non-hydrogen) atoms. The summed E-state index contributed by atoms with van der Waals surface area (Å²) in [7, 11) is 0. The van der Waals surface area contributed by atoms with E-state index in [0.29, 0.717) is 41.1 Å². The monoisotopic (exact) mass is 408 g/mol. The van der Waals surface area contributed by atoms with Crippen LogP contribution in [0.4, 0.5) is 4.39 Å². The van der Waals surface area contributed by atoms with Gasteiger partial charge in [-0.2, -0.15) is 0 Å². The van der Waals surface area contributed by atoms with Crippen LogP contribution < -0.4 is 4.74 Å². The van der Waals surface area contributed by atoms with E-state index in [-0.39, 0.29) is 11.4 Å². The number of carbonyl (C=O) groups excluding carboxylic acids is 1. The molecule has 2 unspecified atom stereocenters. The molecule has 2 atom stereocenters. The van der Waals surface area contributed by atoms with Gasteiger partial charge in [0, 0.05) is 12.0 Å². The summed E-state index contributed by atoms with van der Waals surface area (Å²) in [5.74, 6) is 2.14. The Morgan fingerprint density at radius 2 is 1.83 bits per heavy atom. The summed E-state index contributed by atoms with van der Waals surface area (Å²) < 4.78 is 26.4. The van der Waals surface area contributed by atoms with Crippen LogP contribution >= 0.6 is 0 Å². The Morgan fingerprint density at radius 3 is 2.53 bits per heavy atom. The van der Waals surface area contributed by atoms with Gasteiger partial charge < -0.3 is 9.47 Å². The highest BCUT2D eigenvalue weighted by molar-refractivity contribution is 5.81. The SMILES string of the molecule is CC(=O)C1CC1CC12CCC(OCc3cc(F)cc(Oc4ccccc4)c3)(CC1)C2. The second-order valence-corrected chi connectivity index (χ2v) is 9.78. The van der Waals surface area contributed by atoms with Crippen molar-refractivity contribution < 1.29 is 18.7 Å². The molecule has 4 heteroatoms. The summed E-state index contributed by atoms with van der Waals surface area (Å²) >= 11 is 0. The Balaban J connectivity index is 1.21. The average molecular weight is 409 g/mol. The van der Waals surface area contributed by atoms with Gasteiger partial charge in [0.25, 0.3) is 0 Å². The van der Waals surface area contributed by atoms with Crippen molar-refractivity contribution in [2.75, 3.05) is 0 Å². The van der Waals surface area contributed by atoms with Crippen molar-refractivity contribution in [3.63, 3.8) is 0 Å². The van der Waals surface area contributed by atoms with E-state index in [4.69, 9.17) is 9.47 Å². The third kappa shape index (κ3) is 4.02. The summed E-state index contributed by atoms with van der Waals surface area (Å²) in [5, 5.41) is 0. The lowest BCUT2D eigenvalue weighted by Crippen LogP contribution is -2.26. The number of carbonyl (C=O) groups is 1. The number of ketones is 1. The van der Waals surface area contributed by atoms with Crippen molar-refractivity contribution in [2.45, 2.75) is 64.1 Å². The number of Topliss-reactive ketones (excluding diaryl/α,β-unsaturated/α-hetero) is 1. The summed E-state index contributed by atoms with van der Waals surface area (Å²) in [6, 6.07) is 14.2. The van der Waals surface area contributed by atoms with Gasteiger partial charge in [0.15, 0.2) is 0 Å². The number of rotatable bonds is 8. The fourth-order valence-corrected chi connectivity index (χ4v) is 5.90. The van der Waals surface area contributed by atoms with Crippen LogP contribution in [0.1, 0.15) is 57.4 Å². The summed E-state index contributed by atoms with van der Waals surface area (Å²) in [5.41, 5.74) is 1.09. The zero-order valence-corrected chi connectivity index (χ0v) is 17.5. The normalized spacial score (nSPS) is 31.7. The van der Waals surface area contributed by atoms with Crippen molar-refractivity contribution in [2.24, 2.45) is 17.3 Å². The lowest BCUT2D eigenvalue weighted by atomic mass is 9.79. The van der Waals surface area contributed by atoms with Crippen molar-refractivity contribution in [3.05, 3.63) is 59.9 Å².